The predicted octanol–water partition coefficient (Wildman–Crippen LogP) is 3.79. The molecular weight excluding hydrogens is 364 g/mol. The minimum Gasteiger partial charge on any atom is -0.431 e. The Bertz CT molecular complexity index is 820. The SMILES string of the molecule is CSc1nnc(NC(=O)CSc2nc3cc(Cl)ccc3o2)s1. The standard InChI is InChI=1S/C12H9ClN4O2S3/c1-20-12-17-16-10(22-12)15-9(18)5-21-11-14-7-4-6(13)2-3-8(7)19-11/h2-4H,5H2,1H3,(H,15,16,18). The van der Waals surface area contributed by atoms with Crippen LogP contribution in [0.15, 0.2) is 32.2 Å². The van der Waals surface area contributed by atoms with E-state index in [0.717, 1.165) is 4.34 Å². The second kappa shape index (κ2) is 6.86. The molecule has 1 N–H and O–H groups in total. The maximum Gasteiger partial charge on any atom is 0.257 e. The van der Waals surface area contributed by atoms with Gasteiger partial charge in [-0.1, -0.05) is 46.5 Å². The van der Waals surface area contributed by atoms with Gasteiger partial charge in [-0.15, -0.1) is 10.2 Å². The van der Waals surface area contributed by atoms with Gasteiger partial charge in [-0.05, 0) is 24.5 Å². The van der Waals surface area contributed by atoms with Crippen LogP contribution in [0, 0.1) is 0 Å². The van der Waals surface area contributed by atoms with Crippen molar-refractivity contribution >= 4 is 68.6 Å². The number of nitrogens with one attached hydrogen (secondary N) is 1. The number of oxazole rings is 1. The van der Waals surface area contributed by atoms with Crippen molar-refractivity contribution in [2.45, 2.75) is 9.56 Å². The average molecular weight is 373 g/mol. The van der Waals surface area contributed by atoms with Gasteiger partial charge in [-0.2, -0.15) is 0 Å². The quantitative estimate of drug-likeness (QED) is 0.539. The van der Waals surface area contributed by atoms with E-state index in [4.69, 9.17) is 16.0 Å². The number of hydrogen-bond donors (Lipinski definition) is 1. The molecule has 1 amide bonds. The summed E-state index contributed by atoms with van der Waals surface area (Å²) in [6, 6.07) is 5.20. The molecule has 22 heavy (non-hydrogen) atoms. The summed E-state index contributed by atoms with van der Waals surface area (Å²) in [4.78, 5) is 16.1. The van der Waals surface area contributed by atoms with Crippen molar-refractivity contribution in [3.63, 3.8) is 0 Å². The first-order valence-corrected chi connectivity index (χ1v) is 9.41. The van der Waals surface area contributed by atoms with Crippen molar-refractivity contribution in [3.8, 4) is 0 Å². The Labute approximate surface area is 143 Å². The molecule has 0 aliphatic rings. The number of benzene rings is 1. The van der Waals surface area contributed by atoms with Crippen LogP contribution in [0.4, 0.5) is 5.13 Å². The van der Waals surface area contributed by atoms with Gasteiger partial charge in [0, 0.05) is 5.02 Å². The summed E-state index contributed by atoms with van der Waals surface area (Å²) in [5, 5.41) is 12.0. The molecule has 0 unspecified atom stereocenters. The molecule has 10 heteroatoms. The Hall–Kier alpha value is -1.29. The second-order valence-electron chi connectivity index (χ2n) is 4.01. The van der Waals surface area contributed by atoms with Crippen LogP contribution in [0.2, 0.25) is 5.02 Å². The van der Waals surface area contributed by atoms with Crippen molar-refractivity contribution in [2.24, 2.45) is 0 Å². The molecule has 0 atom stereocenters. The lowest BCUT2D eigenvalue weighted by atomic mass is 10.3. The van der Waals surface area contributed by atoms with Gasteiger partial charge in [0.2, 0.25) is 11.0 Å². The molecule has 0 fully saturated rings. The molecule has 0 spiro atoms. The number of anilines is 1. The normalized spacial score (nSPS) is 11.0. The lowest BCUT2D eigenvalue weighted by Gasteiger charge is -1.97. The zero-order valence-electron chi connectivity index (χ0n) is 11.2. The molecule has 2 aromatic heterocycles. The summed E-state index contributed by atoms with van der Waals surface area (Å²) in [5.41, 5.74) is 1.31. The summed E-state index contributed by atoms with van der Waals surface area (Å²) in [6.45, 7) is 0. The number of fused-ring (bicyclic) bond motifs is 1. The average Bonchev–Trinajstić information content (AvgIpc) is 3.10. The zero-order chi connectivity index (χ0) is 15.5. The number of carbonyl (C=O) groups is 1. The van der Waals surface area contributed by atoms with Gasteiger partial charge in [0.1, 0.15) is 5.52 Å². The first-order valence-electron chi connectivity index (χ1n) is 6.00. The highest BCUT2D eigenvalue weighted by atomic mass is 35.5. The number of thioether (sulfide) groups is 2. The molecular formula is C12H9ClN4O2S3. The molecule has 0 aliphatic heterocycles. The van der Waals surface area contributed by atoms with E-state index in [9.17, 15) is 4.79 Å². The Balaban J connectivity index is 1.59. The Kier molecular flexibility index (Phi) is 4.87. The Morgan fingerprint density at radius 3 is 3.09 bits per heavy atom. The number of rotatable bonds is 5. The third-order valence-corrected chi connectivity index (χ3v) is 5.36. The van der Waals surface area contributed by atoms with E-state index in [-0.39, 0.29) is 11.7 Å². The highest BCUT2D eigenvalue weighted by Crippen LogP contribution is 2.26. The van der Waals surface area contributed by atoms with Crippen molar-refractivity contribution in [2.75, 3.05) is 17.3 Å². The first-order chi connectivity index (χ1) is 10.6. The van der Waals surface area contributed by atoms with Crippen LogP contribution in [0.5, 0.6) is 0 Å². The van der Waals surface area contributed by atoms with E-state index in [1.807, 2.05) is 6.26 Å². The topological polar surface area (TPSA) is 80.9 Å². The van der Waals surface area contributed by atoms with Gasteiger partial charge in [0.05, 0.1) is 5.75 Å². The van der Waals surface area contributed by atoms with Crippen LogP contribution >= 0.6 is 46.5 Å². The summed E-state index contributed by atoms with van der Waals surface area (Å²) in [5.74, 6) is -0.0107. The molecule has 3 aromatic rings. The molecule has 114 valence electrons. The third-order valence-electron chi connectivity index (χ3n) is 2.48. The molecule has 2 heterocycles. The van der Waals surface area contributed by atoms with Gasteiger partial charge in [-0.3, -0.25) is 10.1 Å². The van der Waals surface area contributed by atoms with Crippen LogP contribution in [0.3, 0.4) is 0 Å². The number of hydrogen-bond acceptors (Lipinski definition) is 8. The number of nitrogens with zero attached hydrogens (tertiary/aromatic N) is 3. The van der Waals surface area contributed by atoms with E-state index in [2.05, 4.69) is 20.5 Å². The van der Waals surface area contributed by atoms with Gasteiger partial charge in [-0.25, -0.2) is 4.98 Å². The van der Waals surface area contributed by atoms with Crippen LogP contribution in [-0.4, -0.2) is 33.1 Å². The smallest absolute Gasteiger partial charge is 0.257 e. The fraction of sp³-hybridized carbons (Fsp3) is 0.167. The molecule has 3 rings (SSSR count). The molecule has 1 aromatic carbocycles. The van der Waals surface area contributed by atoms with E-state index in [1.54, 1.807) is 18.2 Å². The van der Waals surface area contributed by atoms with Gasteiger partial charge in [0.15, 0.2) is 9.92 Å². The summed E-state index contributed by atoms with van der Waals surface area (Å²) in [7, 11) is 0. The third kappa shape index (κ3) is 3.72. The van der Waals surface area contributed by atoms with Gasteiger partial charge >= 0.3 is 0 Å². The van der Waals surface area contributed by atoms with Crippen LogP contribution in [-0.2, 0) is 4.79 Å². The highest BCUT2D eigenvalue weighted by Gasteiger charge is 2.11. The maximum absolute atomic E-state index is 11.9. The maximum atomic E-state index is 11.9. The van der Waals surface area contributed by atoms with Crippen molar-refractivity contribution in [3.05, 3.63) is 23.2 Å². The molecule has 0 aliphatic carbocycles. The van der Waals surface area contributed by atoms with Crippen molar-refractivity contribution in [1.82, 2.24) is 15.2 Å². The highest BCUT2D eigenvalue weighted by molar-refractivity contribution is 8.00. The minimum atomic E-state index is -0.186. The van der Waals surface area contributed by atoms with Gasteiger partial charge in [0.25, 0.3) is 5.22 Å². The zero-order valence-corrected chi connectivity index (χ0v) is 14.4. The Morgan fingerprint density at radius 1 is 1.45 bits per heavy atom. The summed E-state index contributed by atoms with van der Waals surface area (Å²) < 4.78 is 6.33. The molecule has 0 radical (unpaired) electrons. The van der Waals surface area contributed by atoms with Crippen LogP contribution in [0.1, 0.15) is 0 Å². The van der Waals surface area contributed by atoms with E-state index < -0.39 is 0 Å². The van der Waals surface area contributed by atoms with Crippen LogP contribution < -0.4 is 5.32 Å². The van der Waals surface area contributed by atoms with Crippen LogP contribution in [0.25, 0.3) is 11.1 Å². The molecule has 0 saturated carbocycles. The minimum absolute atomic E-state index is 0.175. The first kappa shape index (κ1) is 15.6. The van der Waals surface area contributed by atoms with E-state index in [1.165, 1.54) is 34.9 Å². The number of amides is 1. The number of carbonyl (C=O) groups excluding carboxylic acids is 1. The summed E-state index contributed by atoms with van der Waals surface area (Å²) >= 11 is 9.92. The van der Waals surface area contributed by atoms with Gasteiger partial charge < -0.3 is 4.42 Å². The number of aromatic nitrogens is 3. The fourth-order valence-electron chi connectivity index (χ4n) is 1.57. The largest absolute Gasteiger partial charge is 0.431 e. The van der Waals surface area contributed by atoms with Crippen molar-refractivity contribution < 1.29 is 9.21 Å². The lowest BCUT2D eigenvalue weighted by Crippen LogP contribution is -2.13. The number of halogens is 1. The lowest BCUT2D eigenvalue weighted by molar-refractivity contribution is -0.113. The second-order valence-corrected chi connectivity index (χ2v) is 7.40. The monoisotopic (exact) mass is 372 g/mol. The van der Waals surface area contributed by atoms with E-state index in [0.29, 0.717) is 26.5 Å². The Morgan fingerprint density at radius 2 is 2.32 bits per heavy atom. The molecule has 6 nitrogen and oxygen atoms in total. The van der Waals surface area contributed by atoms with Crippen molar-refractivity contribution in [1.29, 1.82) is 0 Å². The van der Waals surface area contributed by atoms with E-state index >= 15 is 0 Å². The molecule has 0 bridgehead atoms. The predicted molar refractivity (Wildman–Crippen MR) is 90.1 cm³/mol. The molecule has 0 saturated heterocycles. The summed E-state index contributed by atoms with van der Waals surface area (Å²) in [6.07, 6.45) is 1.90. The fourth-order valence-corrected chi connectivity index (χ4v) is 3.56.